The van der Waals surface area contributed by atoms with E-state index in [0.717, 1.165) is 6.07 Å². The number of aromatic carboxylic acids is 1. The smallest absolute Gasteiger partial charge is 0.336 e. The van der Waals surface area contributed by atoms with Crippen LogP contribution in [-0.2, 0) is 0 Å². The molecule has 1 N–H and O–H groups in total. The van der Waals surface area contributed by atoms with Crippen molar-refractivity contribution in [2.24, 2.45) is 0 Å². The van der Waals surface area contributed by atoms with E-state index in [-0.39, 0.29) is 5.75 Å². The van der Waals surface area contributed by atoms with Crippen LogP contribution in [0.4, 0.5) is 8.78 Å². The van der Waals surface area contributed by atoms with E-state index >= 15 is 0 Å². The van der Waals surface area contributed by atoms with Crippen LogP contribution in [-0.4, -0.2) is 18.2 Å². The maximum Gasteiger partial charge on any atom is 0.336 e. The minimum absolute atomic E-state index is 0.111. The lowest BCUT2D eigenvalue weighted by Gasteiger charge is -2.09. The summed E-state index contributed by atoms with van der Waals surface area (Å²) in [7, 11) is 1.22. The summed E-state index contributed by atoms with van der Waals surface area (Å²) >= 11 is 0. The molecule has 0 saturated heterocycles. The van der Waals surface area contributed by atoms with Gasteiger partial charge in [0.05, 0.1) is 18.2 Å². The highest BCUT2D eigenvalue weighted by Gasteiger charge is 2.22. The van der Waals surface area contributed by atoms with Crippen LogP contribution in [0.25, 0.3) is 0 Å². The van der Waals surface area contributed by atoms with Gasteiger partial charge in [0.2, 0.25) is 0 Å². The summed E-state index contributed by atoms with van der Waals surface area (Å²) in [5.74, 6) is -1.50. The summed E-state index contributed by atoms with van der Waals surface area (Å²) < 4.78 is 29.6. The summed E-state index contributed by atoms with van der Waals surface area (Å²) in [6, 6.07) is 3.77. The SMILES string of the molecule is COc1cccc(C(=O)O)c1C(F)F. The van der Waals surface area contributed by atoms with Crippen LogP contribution in [0, 0.1) is 0 Å². The average Bonchev–Trinajstić information content (AvgIpc) is 2.16. The number of carboxylic acids is 1. The zero-order valence-electron chi connectivity index (χ0n) is 7.33. The van der Waals surface area contributed by atoms with Crippen molar-refractivity contribution in [3.05, 3.63) is 29.3 Å². The molecule has 0 fully saturated rings. The number of hydrogen-bond acceptors (Lipinski definition) is 2. The van der Waals surface area contributed by atoms with Crippen LogP contribution < -0.4 is 4.74 Å². The first-order chi connectivity index (χ1) is 6.57. The number of benzene rings is 1. The van der Waals surface area contributed by atoms with E-state index in [1.54, 1.807) is 0 Å². The molecule has 76 valence electrons. The topological polar surface area (TPSA) is 46.5 Å². The van der Waals surface area contributed by atoms with E-state index in [0.29, 0.717) is 0 Å². The van der Waals surface area contributed by atoms with Gasteiger partial charge in [0.1, 0.15) is 5.75 Å². The van der Waals surface area contributed by atoms with E-state index < -0.39 is 23.5 Å². The Morgan fingerprint density at radius 1 is 1.50 bits per heavy atom. The first kappa shape index (κ1) is 10.4. The molecule has 1 aromatic rings. The number of methoxy groups -OCH3 is 1. The third-order valence-electron chi connectivity index (χ3n) is 1.73. The molecule has 0 aliphatic carbocycles. The van der Waals surface area contributed by atoms with Gasteiger partial charge in [0.25, 0.3) is 6.43 Å². The van der Waals surface area contributed by atoms with E-state index in [2.05, 4.69) is 4.74 Å². The molecule has 1 rings (SSSR count). The lowest BCUT2D eigenvalue weighted by Crippen LogP contribution is -2.04. The van der Waals surface area contributed by atoms with Gasteiger partial charge in [-0.1, -0.05) is 6.07 Å². The number of carboxylic acid groups (broad SMARTS) is 1. The molecule has 0 radical (unpaired) electrons. The molecule has 0 unspecified atom stereocenters. The zero-order valence-corrected chi connectivity index (χ0v) is 7.33. The van der Waals surface area contributed by atoms with Crippen molar-refractivity contribution < 1.29 is 23.4 Å². The highest BCUT2D eigenvalue weighted by atomic mass is 19.3. The van der Waals surface area contributed by atoms with Crippen LogP contribution in [0.1, 0.15) is 22.3 Å². The second kappa shape index (κ2) is 4.04. The number of alkyl halides is 2. The van der Waals surface area contributed by atoms with Gasteiger partial charge in [0.15, 0.2) is 0 Å². The fraction of sp³-hybridized carbons (Fsp3) is 0.222. The zero-order chi connectivity index (χ0) is 10.7. The largest absolute Gasteiger partial charge is 0.496 e. The average molecular weight is 202 g/mol. The van der Waals surface area contributed by atoms with Gasteiger partial charge in [-0.25, -0.2) is 13.6 Å². The van der Waals surface area contributed by atoms with Gasteiger partial charge in [-0.05, 0) is 12.1 Å². The number of halogens is 2. The van der Waals surface area contributed by atoms with Crippen molar-refractivity contribution in [2.45, 2.75) is 6.43 Å². The molecule has 0 aliphatic heterocycles. The molecule has 3 nitrogen and oxygen atoms in total. The summed E-state index contributed by atoms with van der Waals surface area (Å²) in [5, 5.41) is 8.65. The van der Waals surface area contributed by atoms with Gasteiger partial charge >= 0.3 is 5.97 Å². The van der Waals surface area contributed by atoms with Crippen molar-refractivity contribution in [3.8, 4) is 5.75 Å². The van der Waals surface area contributed by atoms with Crippen molar-refractivity contribution in [1.82, 2.24) is 0 Å². The van der Waals surface area contributed by atoms with Gasteiger partial charge in [0, 0.05) is 0 Å². The van der Waals surface area contributed by atoms with Crippen LogP contribution in [0.15, 0.2) is 18.2 Å². The van der Waals surface area contributed by atoms with Gasteiger partial charge < -0.3 is 9.84 Å². The Labute approximate surface area is 78.9 Å². The predicted octanol–water partition coefficient (Wildman–Crippen LogP) is 2.33. The highest BCUT2D eigenvalue weighted by molar-refractivity contribution is 5.90. The Bertz CT molecular complexity index is 350. The maximum atomic E-state index is 12.5. The quantitative estimate of drug-likeness (QED) is 0.818. The molecule has 0 atom stereocenters. The van der Waals surface area contributed by atoms with Crippen molar-refractivity contribution in [1.29, 1.82) is 0 Å². The highest BCUT2D eigenvalue weighted by Crippen LogP contribution is 2.31. The molecule has 0 bridgehead atoms. The monoisotopic (exact) mass is 202 g/mol. The number of rotatable bonds is 3. The number of hydrogen-bond donors (Lipinski definition) is 1. The number of carbonyl (C=O) groups is 1. The fourth-order valence-corrected chi connectivity index (χ4v) is 1.13. The standard InChI is InChI=1S/C9H8F2O3/c1-14-6-4-2-3-5(9(12)13)7(6)8(10)11/h2-4,8H,1H3,(H,12,13). The second-order valence-corrected chi connectivity index (χ2v) is 2.53. The molecule has 0 amide bonds. The van der Waals surface area contributed by atoms with E-state index in [1.807, 2.05) is 0 Å². The Balaban J connectivity index is 3.35. The second-order valence-electron chi connectivity index (χ2n) is 2.53. The predicted molar refractivity (Wildman–Crippen MR) is 44.9 cm³/mol. The van der Waals surface area contributed by atoms with Crippen LogP contribution >= 0.6 is 0 Å². The third-order valence-corrected chi connectivity index (χ3v) is 1.73. The van der Waals surface area contributed by atoms with E-state index in [9.17, 15) is 13.6 Å². The van der Waals surface area contributed by atoms with Gasteiger partial charge in [-0.2, -0.15) is 0 Å². The molecule has 0 heterocycles. The molecule has 14 heavy (non-hydrogen) atoms. The number of ether oxygens (including phenoxy) is 1. The molecule has 0 saturated carbocycles. The maximum absolute atomic E-state index is 12.5. The van der Waals surface area contributed by atoms with E-state index in [1.165, 1.54) is 19.2 Å². The molecule has 0 spiro atoms. The minimum atomic E-state index is -2.86. The summed E-state index contributed by atoms with van der Waals surface area (Å²) in [4.78, 5) is 10.6. The van der Waals surface area contributed by atoms with Crippen LogP contribution in [0.2, 0.25) is 0 Å². The molecule has 1 aromatic carbocycles. The molecule has 5 heteroatoms. The Hall–Kier alpha value is -1.65. The first-order valence-electron chi connectivity index (χ1n) is 3.76. The van der Waals surface area contributed by atoms with Crippen molar-refractivity contribution >= 4 is 5.97 Å². The minimum Gasteiger partial charge on any atom is -0.496 e. The third kappa shape index (κ3) is 1.81. The molecule has 0 aromatic heterocycles. The van der Waals surface area contributed by atoms with Crippen molar-refractivity contribution in [2.75, 3.05) is 7.11 Å². The fourth-order valence-electron chi connectivity index (χ4n) is 1.13. The molecular formula is C9H8F2O3. The van der Waals surface area contributed by atoms with E-state index in [4.69, 9.17) is 5.11 Å². The lowest BCUT2D eigenvalue weighted by atomic mass is 10.1. The lowest BCUT2D eigenvalue weighted by molar-refractivity contribution is 0.0683. The first-order valence-corrected chi connectivity index (χ1v) is 3.76. The summed E-state index contributed by atoms with van der Waals surface area (Å²) in [5.41, 5.74) is -1.01. The Morgan fingerprint density at radius 3 is 2.57 bits per heavy atom. The van der Waals surface area contributed by atoms with Gasteiger partial charge in [-0.15, -0.1) is 0 Å². The van der Waals surface area contributed by atoms with Gasteiger partial charge in [-0.3, -0.25) is 0 Å². The summed E-state index contributed by atoms with van der Waals surface area (Å²) in [6.07, 6.45) is -2.86. The molecular weight excluding hydrogens is 194 g/mol. The summed E-state index contributed by atoms with van der Waals surface area (Å²) in [6.45, 7) is 0. The Kier molecular flexibility index (Phi) is 3.01. The molecule has 0 aliphatic rings. The normalized spacial score (nSPS) is 10.3. The van der Waals surface area contributed by atoms with Crippen molar-refractivity contribution in [3.63, 3.8) is 0 Å². The van der Waals surface area contributed by atoms with Crippen LogP contribution in [0.3, 0.4) is 0 Å². The Morgan fingerprint density at radius 2 is 2.14 bits per heavy atom. The van der Waals surface area contributed by atoms with Crippen LogP contribution in [0.5, 0.6) is 5.75 Å².